The van der Waals surface area contributed by atoms with Crippen molar-refractivity contribution in [2.24, 2.45) is 0 Å². The Morgan fingerprint density at radius 1 is 1.18 bits per heavy atom. The summed E-state index contributed by atoms with van der Waals surface area (Å²) in [5.74, 6) is -1.10. The van der Waals surface area contributed by atoms with Gasteiger partial charge in [0, 0.05) is 22.8 Å². The summed E-state index contributed by atoms with van der Waals surface area (Å²) in [6, 6.07) is 12.6. The molecule has 0 bridgehead atoms. The van der Waals surface area contributed by atoms with Crippen molar-refractivity contribution in [2.45, 2.75) is 34.1 Å². The van der Waals surface area contributed by atoms with Crippen LogP contribution in [0.15, 0.2) is 84.8 Å². The number of H-pyrrole nitrogens is 1. The summed E-state index contributed by atoms with van der Waals surface area (Å²) in [6.07, 6.45) is 8.08. The van der Waals surface area contributed by atoms with E-state index in [0.717, 1.165) is 28.4 Å². The number of aromatic amines is 1. The standard InChI is InChI=1S/C28H27F2N5O2S.C2H6/c1-4-5-6-19(29)13-20(30)16-37-22-9-10-26(17(2)11-22)35-28(31)23(15-32-35)27(36)25-12-18-7-8-21(34-38-3)14-24(18)33-25;1-2/h4-12,14-16,33-34H,13,31H2,1-3H3;1-2H3/b5-4-,19-6+,20-16-;. The minimum Gasteiger partial charge on any atom is -0.462 e. The van der Waals surface area contributed by atoms with E-state index in [-0.39, 0.29) is 17.2 Å². The lowest BCUT2D eigenvalue weighted by atomic mass is 10.1. The predicted molar refractivity (Wildman–Crippen MR) is 161 cm³/mol. The Balaban J connectivity index is 0.00000216. The van der Waals surface area contributed by atoms with E-state index in [2.05, 4.69) is 14.8 Å². The lowest BCUT2D eigenvalue weighted by Gasteiger charge is -2.10. The summed E-state index contributed by atoms with van der Waals surface area (Å²) in [6.45, 7) is 7.55. The van der Waals surface area contributed by atoms with E-state index in [4.69, 9.17) is 10.5 Å². The second kappa shape index (κ2) is 14.2. The number of nitrogen functional groups attached to an aromatic ring is 1. The molecule has 0 amide bonds. The van der Waals surface area contributed by atoms with Crippen molar-refractivity contribution >= 4 is 40.1 Å². The molecule has 0 atom stereocenters. The summed E-state index contributed by atoms with van der Waals surface area (Å²) < 4.78 is 37.5. The zero-order valence-electron chi connectivity index (χ0n) is 23.1. The SMILES string of the molecule is C/C=C\C=C(\F)C/C(F)=C/Oc1ccc(-n2ncc(C(=O)c3cc4ccc(NSC)cc4[nH]3)c2N)c(C)c1.CC. The number of nitrogens with one attached hydrogen (secondary N) is 2. The molecule has 0 spiro atoms. The molecule has 0 aliphatic carbocycles. The lowest BCUT2D eigenvalue weighted by molar-refractivity contribution is 0.103. The van der Waals surface area contributed by atoms with Crippen molar-refractivity contribution in [3.8, 4) is 11.4 Å². The first kappa shape index (κ1) is 30.2. The number of aryl methyl sites for hydroxylation is 1. The highest BCUT2D eigenvalue weighted by Crippen LogP contribution is 2.27. The summed E-state index contributed by atoms with van der Waals surface area (Å²) in [4.78, 5) is 16.4. The number of ketones is 1. The molecule has 0 aliphatic rings. The van der Waals surface area contributed by atoms with Gasteiger partial charge in [0.1, 0.15) is 29.5 Å². The summed E-state index contributed by atoms with van der Waals surface area (Å²) in [5, 5.41) is 5.23. The number of aromatic nitrogens is 3. The van der Waals surface area contributed by atoms with Crippen molar-refractivity contribution in [3.05, 3.63) is 102 Å². The Bertz CT molecular complexity index is 1570. The highest BCUT2D eigenvalue weighted by Gasteiger charge is 2.20. The largest absolute Gasteiger partial charge is 0.462 e. The van der Waals surface area contributed by atoms with Crippen LogP contribution in [0.25, 0.3) is 16.6 Å². The van der Waals surface area contributed by atoms with Crippen LogP contribution in [0.3, 0.4) is 0 Å². The average Bonchev–Trinajstić information content (AvgIpc) is 3.55. The van der Waals surface area contributed by atoms with Gasteiger partial charge in [-0.05, 0) is 61.9 Å². The molecule has 40 heavy (non-hydrogen) atoms. The molecule has 0 aliphatic heterocycles. The maximum atomic E-state index is 14.0. The Morgan fingerprint density at radius 2 is 1.95 bits per heavy atom. The van der Waals surface area contributed by atoms with Gasteiger partial charge in [-0.1, -0.05) is 44.0 Å². The topological polar surface area (TPSA) is 98.0 Å². The lowest BCUT2D eigenvalue weighted by Crippen LogP contribution is -2.08. The second-order valence-corrected chi connectivity index (χ2v) is 9.03. The van der Waals surface area contributed by atoms with Gasteiger partial charge in [-0.25, -0.2) is 13.5 Å². The Labute approximate surface area is 236 Å². The first-order valence-electron chi connectivity index (χ1n) is 12.7. The number of carbonyl (C=O) groups is 1. The van der Waals surface area contributed by atoms with Crippen molar-refractivity contribution in [3.63, 3.8) is 0 Å². The number of nitrogens with zero attached hydrogens (tertiary/aromatic N) is 2. The van der Waals surface area contributed by atoms with Crippen molar-refractivity contribution in [2.75, 3.05) is 16.7 Å². The molecule has 4 N–H and O–H groups in total. The van der Waals surface area contributed by atoms with E-state index >= 15 is 0 Å². The van der Waals surface area contributed by atoms with Crippen LogP contribution < -0.4 is 15.2 Å². The molecule has 7 nitrogen and oxygen atoms in total. The minimum absolute atomic E-state index is 0.185. The van der Waals surface area contributed by atoms with Gasteiger partial charge in [-0.15, -0.1) is 0 Å². The van der Waals surface area contributed by atoms with Crippen LogP contribution in [0.5, 0.6) is 5.75 Å². The average molecular weight is 566 g/mol. The Morgan fingerprint density at radius 3 is 2.65 bits per heavy atom. The molecule has 4 aromatic rings. The number of halogens is 2. The van der Waals surface area contributed by atoms with Crippen LogP contribution in [0.4, 0.5) is 20.3 Å². The quantitative estimate of drug-likeness (QED) is 0.0776. The molecular formula is C30H33F2N5O2S. The molecule has 0 radical (unpaired) electrons. The maximum Gasteiger partial charge on any atom is 0.214 e. The number of anilines is 2. The van der Waals surface area contributed by atoms with Gasteiger partial charge >= 0.3 is 0 Å². The van der Waals surface area contributed by atoms with Crippen molar-refractivity contribution in [1.82, 2.24) is 14.8 Å². The zero-order valence-corrected chi connectivity index (χ0v) is 23.9. The maximum absolute atomic E-state index is 14.0. The summed E-state index contributed by atoms with van der Waals surface area (Å²) in [5.41, 5.74) is 10.1. The molecule has 0 saturated heterocycles. The van der Waals surface area contributed by atoms with Crippen LogP contribution in [0.1, 0.15) is 48.8 Å². The first-order chi connectivity index (χ1) is 19.3. The van der Waals surface area contributed by atoms with Gasteiger partial charge < -0.3 is 20.2 Å². The number of hydrogen-bond acceptors (Lipinski definition) is 6. The van der Waals surface area contributed by atoms with Gasteiger partial charge in [0.2, 0.25) is 5.78 Å². The van der Waals surface area contributed by atoms with Gasteiger partial charge in [-0.3, -0.25) is 4.79 Å². The van der Waals surface area contributed by atoms with Crippen LogP contribution in [0.2, 0.25) is 0 Å². The number of fused-ring (bicyclic) bond motifs is 1. The van der Waals surface area contributed by atoms with Crippen LogP contribution >= 0.6 is 11.9 Å². The number of allylic oxidation sites excluding steroid dienone is 5. The highest BCUT2D eigenvalue weighted by molar-refractivity contribution is 7.99. The smallest absolute Gasteiger partial charge is 0.214 e. The second-order valence-electron chi connectivity index (χ2n) is 8.42. The molecule has 4 rings (SSSR count). The van der Waals surface area contributed by atoms with Gasteiger partial charge in [0.25, 0.3) is 0 Å². The van der Waals surface area contributed by atoms with Crippen molar-refractivity contribution in [1.29, 1.82) is 0 Å². The van der Waals surface area contributed by atoms with E-state index in [1.165, 1.54) is 35.0 Å². The number of ether oxygens (including phenoxy) is 1. The van der Waals surface area contributed by atoms with E-state index in [9.17, 15) is 13.6 Å². The van der Waals surface area contributed by atoms with E-state index in [1.54, 1.807) is 37.3 Å². The number of nitrogens with two attached hydrogens (primary N) is 1. The Kier molecular flexibility index (Phi) is 10.7. The number of benzene rings is 2. The normalized spacial score (nSPS) is 12.0. The number of rotatable bonds is 10. The fraction of sp³-hybridized carbons (Fsp3) is 0.200. The molecule has 0 saturated carbocycles. The molecule has 2 aromatic heterocycles. The molecule has 0 fully saturated rings. The Hall–Kier alpha value is -4.31. The van der Waals surface area contributed by atoms with Crippen molar-refractivity contribution < 1.29 is 18.3 Å². The molecular weight excluding hydrogens is 532 g/mol. The molecule has 0 unspecified atom stereocenters. The fourth-order valence-electron chi connectivity index (χ4n) is 3.83. The van der Waals surface area contributed by atoms with Gasteiger partial charge in [0.05, 0.1) is 29.6 Å². The van der Waals surface area contributed by atoms with Crippen LogP contribution in [-0.2, 0) is 0 Å². The fourth-order valence-corrected chi connectivity index (χ4v) is 4.20. The van der Waals surface area contributed by atoms with Gasteiger partial charge in [-0.2, -0.15) is 5.10 Å². The third kappa shape index (κ3) is 7.20. The third-order valence-corrected chi connectivity index (χ3v) is 6.10. The van der Waals surface area contributed by atoms with Gasteiger partial charge in [0.15, 0.2) is 0 Å². The zero-order chi connectivity index (χ0) is 29.2. The van der Waals surface area contributed by atoms with E-state index < -0.39 is 18.1 Å². The monoisotopic (exact) mass is 565 g/mol. The van der Waals surface area contributed by atoms with Crippen LogP contribution in [0, 0.1) is 6.92 Å². The molecule has 2 aromatic carbocycles. The number of hydrogen-bond donors (Lipinski definition) is 3. The first-order valence-corrected chi connectivity index (χ1v) is 13.9. The highest BCUT2D eigenvalue weighted by atomic mass is 32.2. The minimum atomic E-state index is -0.752. The third-order valence-electron chi connectivity index (χ3n) is 5.66. The van der Waals surface area contributed by atoms with E-state index in [1.807, 2.05) is 45.2 Å². The molecule has 2 heterocycles. The number of carbonyl (C=O) groups excluding carboxylic acids is 1. The summed E-state index contributed by atoms with van der Waals surface area (Å²) >= 11 is 1.48. The molecule has 10 heteroatoms. The predicted octanol–water partition coefficient (Wildman–Crippen LogP) is 8.20. The summed E-state index contributed by atoms with van der Waals surface area (Å²) in [7, 11) is 0. The van der Waals surface area contributed by atoms with E-state index in [0.29, 0.717) is 17.1 Å². The molecule has 210 valence electrons. The van der Waals surface area contributed by atoms with Crippen LogP contribution in [-0.4, -0.2) is 26.8 Å².